The van der Waals surface area contributed by atoms with Crippen LogP contribution in [-0.2, 0) is 6.61 Å². The number of pyridine rings is 1. The number of aliphatic hydroxyl groups excluding tert-OH is 1. The molecule has 3 N–H and O–H groups in total. The van der Waals surface area contributed by atoms with Crippen LogP contribution in [0.15, 0.2) is 18.3 Å². The molecule has 1 aromatic heterocycles. The maximum atomic E-state index is 8.85. The number of nitrogens with two attached hydrogens (primary N) is 1. The van der Waals surface area contributed by atoms with Gasteiger partial charge in [0.25, 0.3) is 0 Å². The van der Waals surface area contributed by atoms with E-state index in [0.29, 0.717) is 12.0 Å². The molecule has 0 aromatic carbocycles. The average Bonchev–Trinajstić information content (AvgIpc) is 2.65. The van der Waals surface area contributed by atoms with E-state index in [9.17, 15) is 0 Å². The quantitative estimate of drug-likeness (QED) is 0.739. The van der Waals surface area contributed by atoms with Crippen LogP contribution in [0, 0.1) is 0 Å². The number of nitrogens with zero attached hydrogens (tertiary/aromatic N) is 1. The van der Waals surface area contributed by atoms with Crippen LogP contribution in [0.5, 0.6) is 0 Å². The van der Waals surface area contributed by atoms with Crippen molar-refractivity contribution in [2.24, 2.45) is 5.73 Å². The van der Waals surface area contributed by atoms with Gasteiger partial charge < -0.3 is 10.8 Å². The van der Waals surface area contributed by atoms with Crippen molar-refractivity contribution < 1.29 is 5.11 Å². The Hall–Kier alpha value is -0.930. The normalized spacial score (nSPS) is 26.7. The zero-order chi connectivity index (χ0) is 9.97. The molecule has 3 nitrogen and oxygen atoms in total. The molecule has 1 aliphatic carbocycles. The summed E-state index contributed by atoms with van der Waals surface area (Å²) in [5.41, 5.74) is 7.85. The van der Waals surface area contributed by atoms with E-state index in [1.54, 1.807) is 0 Å². The van der Waals surface area contributed by atoms with E-state index in [1.807, 2.05) is 12.3 Å². The third-order valence-electron chi connectivity index (χ3n) is 2.95. The SMILES string of the molecule is NC1CCC(c2ccc(CO)nc2)C1. The maximum Gasteiger partial charge on any atom is 0.0852 e. The van der Waals surface area contributed by atoms with Crippen LogP contribution in [-0.4, -0.2) is 16.1 Å². The van der Waals surface area contributed by atoms with Gasteiger partial charge in [-0.3, -0.25) is 4.98 Å². The fourth-order valence-electron chi connectivity index (χ4n) is 2.09. The standard InChI is InChI=1S/C11H16N2O/c12-10-3-1-8(5-10)9-2-4-11(7-14)13-6-9/h2,4,6,8,10,14H,1,3,5,7,12H2. The highest BCUT2D eigenvalue weighted by molar-refractivity contribution is 5.19. The van der Waals surface area contributed by atoms with Crippen molar-refractivity contribution in [3.05, 3.63) is 29.6 Å². The Morgan fingerprint density at radius 1 is 1.43 bits per heavy atom. The highest BCUT2D eigenvalue weighted by Crippen LogP contribution is 2.32. The molecule has 2 unspecified atom stereocenters. The molecule has 0 bridgehead atoms. The van der Waals surface area contributed by atoms with Crippen LogP contribution in [0.2, 0.25) is 0 Å². The molecule has 3 heteroatoms. The maximum absolute atomic E-state index is 8.85. The molecule has 2 atom stereocenters. The van der Waals surface area contributed by atoms with Gasteiger partial charge in [0.05, 0.1) is 12.3 Å². The first-order valence-corrected chi connectivity index (χ1v) is 5.11. The summed E-state index contributed by atoms with van der Waals surface area (Å²) in [6.07, 6.45) is 5.22. The van der Waals surface area contributed by atoms with E-state index < -0.39 is 0 Å². The molecule has 1 fully saturated rings. The topological polar surface area (TPSA) is 59.1 Å². The van der Waals surface area contributed by atoms with Crippen molar-refractivity contribution in [3.63, 3.8) is 0 Å². The van der Waals surface area contributed by atoms with Gasteiger partial charge in [-0.1, -0.05) is 6.07 Å². The summed E-state index contributed by atoms with van der Waals surface area (Å²) < 4.78 is 0. The van der Waals surface area contributed by atoms with Crippen LogP contribution < -0.4 is 5.73 Å². The zero-order valence-corrected chi connectivity index (χ0v) is 8.19. The molecule has 14 heavy (non-hydrogen) atoms. The van der Waals surface area contributed by atoms with E-state index in [1.165, 1.54) is 12.0 Å². The largest absolute Gasteiger partial charge is 0.390 e. The number of aliphatic hydroxyl groups is 1. The summed E-state index contributed by atoms with van der Waals surface area (Å²) in [6, 6.07) is 4.30. The predicted octanol–water partition coefficient (Wildman–Crippen LogP) is 1.17. The number of hydrogen-bond acceptors (Lipinski definition) is 3. The monoisotopic (exact) mass is 192 g/mol. The molecule has 76 valence electrons. The summed E-state index contributed by atoms with van der Waals surface area (Å²) >= 11 is 0. The Kier molecular flexibility index (Phi) is 2.79. The van der Waals surface area contributed by atoms with Crippen LogP contribution in [0.4, 0.5) is 0 Å². The Morgan fingerprint density at radius 2 is 2.29 bits per heavy atom. The zero-order valence-electron chi connectivity index (χ0n) is 8.19. The molecule has 0 aliphatic heterocycles. The molecule has 1 heterocycles. The van der Waals surface area contributed by atoms with Gasteiger partial charge in [0.1, 0.15) is 0 Å². The third kappa shape index (κ3) is 1.94. The van der Waals surface area contributed by atoms with Gasteiger partial charge in [0.2, 0.25) is 0 Å². The molecule has 1 aliphatic rings. The molecule has 0 amide bonds. The van der Waals surface area contributed by atoms with E-state index >= 15 is 0 Å². The fourth-order valence-corrected chi connectivity index (χ4v) is 2.09. The summed E-state index contributed by atoms with van der Waals surface area (Å²) in [5, 5.41) is 8.85. The number of aromatic nitrogens is 1. The summed E-state index contributed by atoms with van der Waals surface area (Å²) in [7, 11) is 0. The second-order valence-corrected chi connectivity index (χ2v) is 4.01. The van der Waals surface area contributed by atoms with Gasteiger partial charge in [-0.05, 0) is 36.8 Å². The van der Waals surface area contributed by atoms with Crippen molar-refractivity contribution in [2.75, 3.05) is 0 Å². The molecule has 2 rings (SSSR count). The lowest BCUT2D eigenvalue weighted by Gasteiger charge is -2.09. The first-order chi connectivity index (χ1) is 6.79. The average molecular weight is 192 g/mol. The highest BCUT2D eigenvalue weighted by Gasteiger charge is 2.23. The van der Waals surface area contributed by atoms with Crippen LogP contribution in [0.1, 0.15) is 36.4 Å². The van der Waals surface area contributed by atoms with Crippen LogP contribution >= 0.6 is 0 Å². The molecular formula is C11H16N2O. The van der Waals surface area contributed by atoms with Crippen molar-refractivity contribution in [3.8, 4) is 0 Å². The van der Waals surface area contributed by atoms with Gasteiger partial charge in [-0.25, -0.2) is 0 Å². The molecule has 0 saturated heterocycles. The van der Waals surface area contributed by atoms with E-state index in [0.717, 1.165) is 18.5 Å². The fraction of sp³-hybridized carbons (Fsp3) is 0.545. The van der Waals surface area contributed by atoms with Gasteiger partial charge >= 0.3 is 0 Å². The van der Waals surface area contributed by atoms with Gasteiger partial charge in [0, 0.05) is 12.2 Å². The molecule has 0 spiro atoms. The minimum Gasteiger partial charge on any atom is -0.390 e. The van der Waals surface area contributed by atoms with Crippen molar-refractivity contribution in [2.45, 2.75) is 37.8 Å². The molecule has 0 radical (unpaired) electrons. The lowest BCUT2D eigenvalue weighted by atomic mass is 9.99. The second kappa shape index (κ2) is 4.07. The molecule has 1 saturated carbocycles. The van der Waals surface area contributed by atoms with E-state index in [4.69, 9.17) is 10.8 Å². The summed E-state index contributed by atoms with van der Waals surface area (Å²) in [6.45, 7) is 0.0183. The van der Waals surface area contributed by atoms with E-state index in [-0.39, 0.29) is 6.61 Å². The van der Waals surface area contributed by atoms with Crippen molar-refractivity contribution in [1.29, 1.82) is 0 Å². The predicted molar refractivity (Wildman–Crippen MR) is 54.7 cm³/mol. The summed E-state index contributed by atoms with van der Waals surface area (Å²) in [4.78, 5) is 4.18. The first kappa shape index (κ1) is 9.62. The molecular weight excluding hydrogens is 176 g/mol. The van der Waals surface area contributed by atoms with Crippen LogP contribution in [0.25, 0.3) is 0 Å². The smallest absolute Gasteiger partial charge is 0.0852 e. The van der Waals surface area contributed by atoms with Gasteiger partial charge in [-0.2, -0.15) is 0 Å². The second-order valence-electron chi connectivity index (χ2n) is 4.01. The van der Waals surface area contributed by atoms with Crippen molar-refractivity contribution >= 4 is 0 Å². The van der Waals surface area contributed by atoms with E-state index in [2.05, 4.69) is 11.1 Å². The Bertz CT molecular complexity index is 297. The van der Waals surface area contributed by atoms with Crippen molar-refractivity contribution in [1.82, 2.24) is 4.98 Å². The number of hydrogen-bond donors (Lipinski definition) is 2. The molecule has 1 aromatic rings. The Balaban J connectivity index is 2.09. The van der Waals surface area contributed by atoms with Gasteiger partial charge in [0.15, 0.2) is 0 Å². The first-order valence-electron chi connectivity index (χ1n) is 5.11. The van der Waals surface area contributed by atoms with Gasteiger partial charge in [-0.15, -0.1) is 0 Å². The third-order valence-corrected chi connectivity index (χ3v) is 2.95. The van der Waals surface area contributed by atoms with Crippen LogP contribution in [0.3, 0.4) is 0 Å². The lowest BCUT2D eigenvalue weighted by Crippen LogP contribution is -2.14. The Morgan fingerprint density at radius 3 is 2.79 bits per heavy atom. The highest BCUT2D eigenvalue weighted by atomic mass is 16.3. The minimum atomic E-state index is 0.0183. The lowest BCUT2D eigenvalue weighted by molar-refractivity contribution is 0.277. The summed E-state index contributed by atoms with van der Waals surface area (Å²) in [5.74, 6) is 0.574. The minimum absolute atomic E-state index is 0.0183. The number of rotatable bonds is 2. The Labute approximate surface area is 84.0 Å².